The molecule has 2 aromatic rings. The molecule has 2 rings (SSSR count). The molecule has 0 saturated heterocycles. The minimum Gasteiger partial charge on any atom is -0.369 e. The van der Waals surface area contributed by atoms with Crippen LogP contribution in [0.25, 0.3) is 0 Å². The first-order chi connectivity index (χ1) is 9.11. The molecule has 0 bridgehead atoms. The molecule has 7 heteroatoms. The summed E-state index contributed by atoms with van der Waals surface area (Å²) in [5, 5.41) is 6.43. The summed E-state index contributed by atoms with van der Waals surface area (Å²) in [4.78, 5) is 8.42. The molecule has 1 heterocycles. The van der Waals surface area contributed by atoms with E-state index < -0.39 is 0 Å². The van der Waals surface area contributed by atoms with E-state index in [0.717, 1.165) is 31.5 Å². The number of hydrogen-bond acceptors (Lipinski definition) is 4. The summed E-state index contributed by atoms with van der Waals surface area (Å²) in [5.41, 5.74) is 0.927. The van der Waals surface area contributed by atoms with Gasteiger partial charge in [-0.3, -0.25) is 0 Å². The lowest BCUT2D eigenvalue weighted by Crippen LogP contribution is -2.04. The molecule has 0 aliphatic rings. The third kappa shape index (κ3) is 3.67. The quantitative estimate of drug-likeness (QED) is 0.692. The number of halogens is 3. The highest BCUT2D eigenvalue weighted by atomic mass is 79.9. The molecule has 0 aliphatic heterocycles. The molecular weight excluding hydrogens is 440 g/mol. The van der Waals surface area contributed by atoms with Crippen LogP contribution >= 0.6 is 47.8 Å². The lowest BCUT2D eigenvalue weighted by molar-refractivity contribution is 1.10. The highest BCUT2D eigenvalue weighted by Crippen LogP contribution is 2.33. The third-order valence-electron chi connectivity index (χ3n) is 2.32. The Bertz CT molecular complexity index is 589. The molecule has 4 nitrogen and oxygen atoms in total. The number of hydrogen-bond donors (Lipinski definition) is 2. The van der Waals surface area contributed by atoms with Crippen LogP contribution in [-0.4, -0.2) is 16.5 Å². The van der Waals surface area contributed by atoms with Gasteiger partial charge in [-0.1, -0.05) is 15.9 Å². The predicted molar refractivity (Wildman–Crippen MR) is 89.0 cm³/mol. The summed E-state index contributed by atoms with van der Waals surface area (Å²) in [6.07, 6.45) is 1.52. The molecule has 2 N–H and O–H groups in total. The lowest BCUT2D eigenvalue weighted by Gasteiger charge is -2.12. The van der Waals surface area contributed by atoms with Crippen molar-refractivity contribution in [3.63, 3.8) is 0 Å². The Hall–Kier alpha value is -0.660. The maximum Gasteiger partial charge on any atom is 0.150 e. The average Bonchev–Trinajstić information content (AvgIpc) is 2.39. The maximum atomic E-state index is 4.24. The van der Waals surface area contributed by atoms with E-state index in [9.17, 15) is 0 Å². The second-order valence-electron chi connectivity index (χ2n) is 3.66. The van der Waals surface area contributed by atoms with Crippen molar-refractivity contribution in [1.29, 1.82) is 0 Å². The normalized spacial score (nSPS) is 10.3. The van der Waals surface area contributed by atoms with Gasteiger partial charge in [0, 0.05) is 15.5 Å². The van der Waals surface area contributed by atoms with Gasteiger partial charge < -0.3 is 10.6 Å². The molecule has 1 aromatic carbocycles. The van der Waals surface area contributed by atoms with Gasteiger partial charge in [0.05, 0.1) is 5.69 Å². The van der Waals surface area contributed by atoms with E-state index in [1.54, 1.807) is 0 Å². The largest absolute Gasteiger partial charge is 0.369 e. The fraction of sp³-hybridized carbons (Fsp3) is 0.167. The first-order valence-corrected chi connectivity index (χ1v) is 7.96. The summed E-state index contributed by atoms with van der Waals surface area (Å²) in [7, 11) is 0. The molecular formula is C12H11Br3N4. The smallest absolute Gasteiger partial charge is 0.150 e. The van der Waals surface area contributed by atoms with Crippen LogP contribution in [0.3, 0.4) is 0 Å². The van der Waals surface area contributed by atoms with Gasteiger partial charge in [-0.05, 0) is 57.0 Å². The molecule has 0 unspecified atom stereocenters. The topological polar surface area (TPSA) is 49.8 Å². The van der Waals surface area contributed by atoms with E-state index in [4.69, 9.17) is 0 Å². The van der Waals surface area contributed by atoms with Crippen molar-refractivity contribution in [2.75, 3.05) is 17.2 Å². The second kappa shape index (κ2) is 6.67. The van der Waals surface area contributed by atoms with E-state index in [1.807, 2.05) is 25.1 Å². The van der Waals surface area contributed by atoms with Crippen molar-refractivity contribution in [1.82, 2.24) is 9.97 Å². The van der Waals surface area contributed by atoms with Gasteiger partial charge in [0.1, 0.15) is 22.4 Å². The van der Waals surface area contributed by atoms with Crippen LogP contribution in [0.5, 0.6) is 0 Å². The second-order valence-corrected chi connectivity index (χ2v) is 6.23. The Morgan fingerprint density at radius 3 is 2.58 bits per heavy atom. The highest BCUT2D eigenvalue weighted by Gasteiger charge is 2.09. The van der Waals surface area contributed by atoms with E-state index in [-0.39, 0.29) is 0 Å². The Morgan fingerprint density at radius 1 is 1.11 bits per heavy atom. The number of nitrogens with one attached hydrogen (secondary N) is 2. The molecule has 0 atom stereocenters. The van der Waals surface area contributed by atoms with Gasteiger partial charge in [0.15, 0.2) is 0 Å². The standard InChI is InChI=1S/C12H11Br3N4/c1-2-16-11-10(15)12(18-6-17-11)19-9-5-7(13)3-4-8(9)14/h3-6H,2H2,1H3,(H2,16,17,18,19). The van der Waals surface area contributed by atoms with Gasteiger partial charge in [0.2, 0.25) is 0 Å². The first-order valence-electron chi connectivity index (χ1n) is 5.58. The summed E-state index contributed by atoms with van der Waals surface area (Å²) >= 11 is 10.5. The van der Waals surface area contributed by atoms with Gasteiger partial charge in [-0.2, -0.15) is 0 Å². The monoisotopic (exact) mass is 448 g/mol. The van der Waals surface area contributed by atoms with Crippen molar-refractivity contribution in [3.05, 3.63) is 37.9 Å². The number of benzene rings is 1. The maximum absolute atomic E-state index is 4.24. The minimum absolute atomic E-state index is 0.713. The Balaban J connectivity index is 2.33. The number of nitrogens with zero attached hydrogens (tertiary/aromatic N) is 2. The van der Waals surface area contributed by atoms with Gasteiger partial charge in [-0.25, -0.2) is 9.97 Å². The molecule has 100 valence electrons. The van der Waals surface area contributed by atoms with Crippen molar-refractivity contribution in [3.8, 4) is 0 Å². The number of anilines is 3. The van der Waals surface area contributed by atoms with Gasteiger partial charge >= 0.3 is 0 Å². The summed E-state index contributed by atoms with van der Waals surface area (Å²) in [5.74, 6) is 1.48. The van der Waals surface area contributed by atoms with Crippen LogP contribution in [0, 0.1) is 0 Å². The van der Waals surface area contributed by atoms with Crippen molar-refractivity contribution in [2.45, 2.75) is 6.92 Å². The van der Waals surface area contributed by atoms with Crippen LogP contribution in [0.4, 0.5) is 17.3 Å². The van der Waals surface area contributed by atoms with Crippen LogP contribution in [0.2, 0.25) is 0 Å². The van der Waals surface area contributed by atoms with Gasteiger partial charge in [-0.15, -0.1) is 0 Å². The molecule has 19 heavy (non-hydrogen) atoms. The lowest BCUT2D eigenvalue weighted by atomic mass is 10.3. The zero-order valence-electron chi connectivity index (χ0n) is 10.0. The van der Waals surface area contributed by atoms with Crippen LogP contribution in [0.15, 0.2) is 37.9 Å². The Labute approximate surface area is 136 Å². The van der Waals surface area contributed by atoms with E-state index in [0.29, 0.717) is 5.82 Å². The van der Waals surface area contributed by atoms with Crippen molar-refractivity contribution in [2.24, 2.45) is 0 Å². The molecule has 1 aromatic heterocycles. The molecule has 0 spiro atoms. The average molecular weight is 451 g/mol. The van der Waals surface area contributed by atoms with Gasteiger partial charge in [0.25, 0.3) is 0 Å². The molecule has 0 amide bonds. The zero-order chi connectivity index (χ0) is 13.8. The van der Waals surface area contributed by atoms with Crippen molar-refractivity contribution < 1.29 is 0 Å². The van der Waals surface area contributed by atoms with E-state index in [1.165, 1.54) is 6.33 Å². The Kier molecular flexibility index (Phi) is 5.18. The van der Waals surface area contributed by atoms with E-state index in [2.05, 4.69) is 68.4 Å². The van der Waals surface area contributed by atoms with Crippen LogP contribution < -0.4 is 10.6 Å². The fourth-order valence-corrected chi connectivity index (χ4v) is 2.62. The van der Waals surface area contributed by atoms with Crippen LogP contribution in [-0.2, 0) is 0 Å². The third-order valence-corrected chi connectivity index (χ3v) is 4.25. The fourth-order valence-electron chi connectivity index (χ4n) is 1.47. The SMILES string of the molecule is CCNc1ncnc(Nc2cc(Br)ccc2Br)c1Br. The highest BCUT2D eigenvalue weighted by molar-refractivity contribution is 9.11. The van der Waals surface area contributed by atoms with E-state index >= 15 is 0 Å². The first kappa shape index (κ1) is 14.7. The van der Waals surface area contributed by atoms with Crippen molar-refractivity contribution >= 4 is 65.1 Å². The Morgan fingerprint density at radius 2 is 1.84 bits per heavy atom. The summed E-state index contributed by atoms with van der Waals surface area (Å²) in [6.45, 7) is 2.82. The molecule has 0 radical (unpaired) electrons. The predicted octanol–water partition coefficient (Wildman–Crippen LogP) is 4.94. The summed E-state index contributed by atoms with van der Waals surface area (Å²) in [6, 6.07) is 5.91. The molecule has 0 aliphatic carbocycles. The summed E-state index contributed by atoms with van der Waals surface area (Å²) < 4.78 is 2.77. The zero-order valence-corrected chi connectivity index (χ0v) is 14.8. The minimum atomic E-state index is 0.713. The number of rotatable bonds is 4. The molecule has 0 saturated carbocycles. The van der Waals surface area contributed by atoms with Crippen LogP contribution in [0.1, 0.15) is 6.92 Å². The molecule has 0 fully saturated rings. The number of aromatic nitrogens is 2.